The molecule has 1 heterocycles. The Kier molecular flexibility index (Phi) is 4.37. The van der Waals surface area contributed by atoms with Crippen LogP contribution in [0, 0.1) is 3.57 Å². The van der Waals surface area contributed by atoms with Crippen molar-refractivity contribution in [3.63, 3.8) is 0 Å². The van der Waals surface area contributed by atoms with Crippen LogP contribution in [0.5, 0.6) is 0 Å². The molecule has 72 valence electrons. The van der Waals surface area contributed by atoms with Crippen molar-refractivity contribution in [3.05, 3.63) is 26.2 Å². The maximum Gasteiger partial charge on any atom is 0.267 e. The Hall–Kier alpha value is -0.430. The molecule has 13 heavy (non-hydrogen) atoms. The summed E-state index contributed by atoms with van der Waals surface area (Å²) in [5.74, 6) is 0. The van der Waals surface area contributed by atoms with E-state index >= 15 is 0 Å². The molecule has 0 aliphatic rings. The van der Waals surface area contributed by atoms with Crippen molar-refractivity contribution in [1.29, 1.82) is 0 Å². The Morgan fingerprint density at radius 2 is 2.46 bits per heavy atom. The minimum atomic E-state index is -0.0772. The van der Waals surface area contributed by atoms with Crippen molar-refractivity contribution >= 4 is 22.6 Å². The van der Waals surface area contributed by atoms with Crippen LogP contribution in [-0.4, -0.2) is 23.0 Å². The quantitative estimate of drug-likeness (QED) is 0.612. The van der Waals surface area contributed by atoms with E-state index in [1.54, 1.807) is 12.3 Å². The summed E-state index contributed by atoms with van der Waals surface area (Å²) in [5.41, 5.74) is -0.0772. The SMILES string of the molecule is CCOCCn1ncc(I)cc1=O. The van der Waals surface area contributed by atoms with Crippen LogP contribution in [0.2, 0.25) is 0 Å². The van der Waals surface area contributed by atoms with E-state index in [-0.39, 0.29) is 5.56 Å². The highest BCUT2D eigenvalue weighted by Crippen LogP contribution is 1.95. The van der Waals surface area contributed by atoms with Crippen LogP contribution in [0.3, 0.4) is 0 Å². The van der Waals surface area contributed by atoms with E-state index in [0.717, 1.165) is 3.57 Å². The molecule has 1 aromatic heterocycles. The van der Waals surface area contributed by atoms with Gasteiger partial charge in [0, 0.05) is 16.2 Å². The molecule has 0 aromatic carbocycles. The molecule has 0 spiro atoms. The van der Waals surface area contributed by atoms with Crippen LogP contribution in [-0.2, 0) is 11.3 Å². The zero-order valence-electron chi connectivity index (χ0n) is 7.36. The van der Waals surface area contributed by atoms with Crippen LogP contribution < -0.4 is 5.56 Å². The average molecular weight is 294 g/mol. The van der Waals surface area contributed by atoms with E-state index in [2.05, 4.69) is 27.7 Å². The van der Waals surface area contributed by atoms with Gasteiger partial charge in [-0.1, -0.05) is 0 Å². The topological polar surface area (TPSA) is 44.1 Å². The van der Waals surface area contributed by atoms with Crippen molar-refractivity contribution in [2.45, 2.75) is 13.5 Å². The number of halogens is 1. The first-order chi connectivity index (χ1) is 6.24. The zero-order chi connectivity index (χ0) is 9.68. The number of hydrogen-bond acceptors (Lipinski definition) is 3. The third-order valence-electron chi connectivity index (χ3n) is 1.49. The second-order valence-electron chi connectivity index (χ2n) is 2.43. The molecule has 0 aliphatic heterocycles. The number of hydrogen-bond donors (Lipinski definition) is 0. The number of ether oxygens (including phenoxy) is 1. The molecule has 0 saturated carbocycles. The molecule has 0 N–H and O–H groups in total. The minimum absolute atomic E-state index is 0.0772. The Balaban J connectivity index is 2.62. The van der Waals surface area contributed by atoms with Crippen molar-refractivity contribution in [2.24, 2.45) is 0 Å². The third-order valence-corrected chi connectivity index (χ3v) is 2.08. The van der Waals surface area contributed by atoms with E-state index in [1.807, 2.05) is 6.92 Å². The standard InChI is InChI=1S/C8H11IN2O2/c1-2-13-4-3-11-8(12)5-7(9)6-10-11/h5-6H,2-4H2,1H3. The van der Waals surface area contributed by atoms with Gasteiger partial charge in [0.2, 0.25) is 0 Å². The highest BCUT2D eigenvalue weighted by molar-refractivity contribution is 14.1. The normalized spacial score (nSPS) is 10.3. The zero-order valence-corrected chi connectivity index (χ0v) is 9.52. The van der Waals surface area contributed by atoms with Crippen molar-refractivity contribution < 1.29 is 4.74 Å². The summed E-state index contributed by atoms with van der Waals surface area (Å²) in [6, 6.07) is 1.56. The summed E-state index contributed by atoms with van der Waals surface area (Å²) in [4.78, 5) is 11.3. The lowest BCUT2D eigenvalue weighted by atomic mass is 10.5. The molecule has 0 bridgehead atoms. The molecular weight excluding hydrogens is 283 g/mol. The van der Waals surface area contributed by atoms with Crippen LogP contribution in [0.25, 0.3) is 0 Å². The monoisotopic (exact) mass is 294 g/mol. The van der Waals surface area contributed by atoms with Gasteiger partial charge in [-0.3, -0.25) is 4.79 Å². The van der Waals surface area contributed by atoms with Gasteiger partial charge in [0.05, 0.1) is 19.3 Å². The van der Waals surface area contributed by atoms with Gasteiger partial charge in [0.25, 0.3) is 5.56 Å². The van der Waals surface area contributed by atoms with E-state index in [9.17, 15) is 4.79 Å². The van der Waals surface area contributed by atoms with E-state index in [4.69, 9.17) is 4.74 Å². The summed E-state index contributed by atoms with van der Waals surface area (Å²) in [7, 11) is 0. The van der Waals surface area contributed by atoms with Gasteiger partial charge in [-0.05, 0) is 29.5 Å². The van der Waals surface area contributed by atoms with Crippen LogP contribution in [0.15, 0.2) is 17.1 Å². The highest BCUT2D eigenvalue weighted by atomic mass is 127. The summed E-state index contributed by atoms with van der Waals surface area (Å²) in [6.07, 6.45) is 1.66. The molecule has 1 aromatic rings. The second-order valence-corrected chi connectivity index (χ2v) is 3.68. The Morgan fingerprint density at radius 1 is 1.69 bits per heavy atom. The second kappa shape index (κ2) is 5.33. The lowest BCUT2D eigenvalue weighted by molar-refractivity contribution is 0.135. The lowest BCUT2D eigenvalue weighted by Crippen LogP contribution is -2.24. The molecule has 0 atom stereocenters. The van der Waals surface area contributed by atoms with Gasteiger partial charge in [0.15, 0.2) is 0 Å². The summed E-state index contributed by atoms with van der Waals surface area (Å²) < 4.78 is 7.38. The van der Waals surface area contributed by atoms with E-state index in [1.165, 1.54) is 4.68 Å². The molecule has 0 fully saturated rings. The fourth-order valence-electron chi connectivity index (χ4n) is 0.875. The van der Waals surface area contributed by atoms with Crippen LogP contribution in [0.1, 0.15) is 6.92 Å². The van der Waals surface area contributed by atoms with Crippen LogP contribution in [0.4, 0.5) is 0 Å². The Labute approximate surface area is 90.0 Å². The minimum Gasteiger partial charge on any atom is -0.380 e. The first kappa shape index (κ1) is 10.6. The Morgan fingerprint density at radius 3 is 3.08 bits per heavy atom. The van der Waals surface area contributed by atoms with Gasteiger partial charge in [-0.15, -0.1) is 0 Å². The molecule has 0 radical (unpaired) electrons. The molecule has 0 saturated heterocycles. The Bertz CT molecular complexity index is 324. The van der Waals surface area contributed by atoms with E-state index in [0.29, 0.717) is 19.8 Å². The smallest absolute Gasteiger partial charge is 0.267 e. The predicted molar refractivity (Wildman–Crippen MR) is 57.7 cm³/mol. The van der Waals surface area contributed by atoms with Crippen molar-refractivity contribution in [1.82, 2.24) is 9.78 Å². The number of nitrogens with zero attached hydrogens (tertiary/aromatic N) is 2. The fraction of sp³-hybridized carbons (Fsp3) is 0.500. The predicted octanol–water partition coefficient (Wildman–Crippen LogP) is 0.884. The number of rotatable bonds is 4. The van der Waals surface area contributed by atoms with Gasteiger partial charge >= 0.3 is 0 Å². The number of aromatic nitrogens is 2. The lowest BCUT2D eigenvalue weighted by Gasteiger charge is -2.03. The maximum atomic E-state index is 11.3. The first-order valence-corrected chi connectivity index (χ1v) is 5.12. The molecule has 5 heteroatoms. The molecule has 0 aliphatic carbocycles. The average Bonchev–Trinajstić information content (AvgIpc) is 2.09. The van der Waals surface area contributed by atoms with Crippen molar-refractivity contribution in [2.75, 3.05) is 13.2 Å². The molecule has 0 unspecified atom stereocenters. The van der Waals surface area contributed by atoms with Gasteiger partial charge in [-0.2, -0.15) is 5.10 Å². The maximum absolute atomic E-state index is 11.3. The van der Waals surface area contributed by atoms with Gasteiger partial charge in [-0.25, -0.2) is 4.68 Å². The van der Waals surface area contributed by atoms with Gasteiger partial charge in [0.1, 0.15) is 0 Å². The first-order valence-electron chi connectivity index (χ1n) is 4.04. The molecule has 0 amide bonds. The van der Waals surface area contributed by atoms with E-state index < -0.39 is 0 Å². The summed E-state index contributed by atoms with van der Waals surface area (Å²) in [6.45, 7) is 3.64. The molecule has 4 nitrogen and oxygen atoms in total. The van der Waals surface area contributed by atoms with Crippen LogP contribution >= 0.6 is 22.6 Å². The fourth-order valence-corrected chi connectivity index (χ4v) is 1.27. The van der Waals surface area contributed by atoms with Crippen molar-refractivity contribution in [3.8, 4) is 0 Å². The summed E-state index contributed by atoms with van der Waals surface area (Å²) in [5, 5.41) is 3.97. The third kappa shape index (κ3) is 3.43. The summed E-state index contributed by atoms with van der Waals surface area (Å²) >= 11 is 2.06. The highest BCUT2D eigenvalue weighted by Gasteiger charge is 1.96. The molecule has 1 rings (SSSR count). The van der Waals surface area contributed by atoms with Gasteiger partial charge < -0.3 is 4.74 Å². The molecular formula is C8H11IN2O2. The largest absolute Gasteiger partial charge is 0.380 e.